The maximum atomic E-state index is 8.07. The molecule has 0 atom stereocenters. The van der Waals surface area contributed by atoms with Crippen LogP contribution < -0.4 is 5.32 Å². The summed E-state index contributed by atoms with van der Waals surface area (Å²) in [6.45, 7) is 0.552. The molecule has 0 spiro atoms. The summed E-state index contributed by atoms with van der Waals surface area (Å²) in [6, 6.07) is 0. The monoisotopic (exact) mass is 138 g/mol. The van der Waals surface area contributed by atoms with E-state index >= 15 is 0 Å². The van der Waals surface area contributed by atoms with Crippen molar-refractivity contribution >= 4 is 0 Å². The van der Waals surface area contributed by atoms with Gasteiger partial charge in [0.1, 0.15) is 0 Å². The van der Waals surface area contributed by atoms with Crippen LogP contribution >= 0.6 is 0 Å². The zero-order chi connectivity index (χ0) is 7.23. The number of hydrogen-bond acceptors (Lipinski definition) is 5. The van der Waals surface area contributed by atoms with Gasteiger partial charge in [0.15, 0.2) is 12.0 Å². The summed E-state index contributed by atoms with van der Waals surface area (Å²) in [6.07, 6.45) is 3.67. The van der Waals surface area contributed by atoms with Crippen molar-refractivity contribution in [1.29, 1.82) is 5.26 Å². The molecule has 52 valence electrons. The molecule has 10 heavy (non-hydrogen) atoms. The Morgan fingerprint density at radius 2 is 2.70 bits per heavy atom. The van der Waals surface area contributed by atoms with Crippen molar-refractivity contribution in [2.75, 3.05) is 6.54 Å². The number of nitrogens with one attached hydrogen (secondary N) is 1. The molecule has 0 aromatic carbocycles. The van der Waals surface area contributed by atoms with E-state index in [-0.39, 0.29) is 0 Å². The van der Waals surface area contributed by atoms with E-state index < -0.39 is 0 Å². The third-order valence-electron chi connectivity index (χ3n) is 0.960. The lowest BCUT2D eigenvalue weighted by molar-refractivity contribution is 0.409. The van der Waals surface area contributed by atoms with Crippen LogP contribution in [0.4, 0.5) is 0 Å². The Hall–Kier alpha value is -1.57. The average molecular weight is 138 g/mol. The second-order valence-electron chi connectivity index (χ2n) is 1.64. The smallest absolute Gasteiger partial charge is 0.213 e. The van der Waals surface area contributed by atoms with Gasteiger partial charge in [0, 0.05) is 13.0 Å². The molecule has 0 saturated heterocycles. The summed E-state index contributed by atoms with van der Waals surface area (Å²) < 4.78 is 4.47. The quantitative estimate of drug-likeness (QED) is 0.352. The molecule has 1 aromatic rings. The highest BCUT2D eigenvalue weighted by Gasteiger charge is 1.94. The molecule has 0 unspecified atom stereocenters. The Kier molecular flexibility index (Phi) is 2.26. The highest BCUT2D eigenvalue weighted by atomic mass is 16.5. The van der Waals surface area contributed by atoms with Gasteiger partial charge >= 0.3 is 0 Å². The summed E-state index contributed by atoms with van der Waals surface area (Å²) >= 11 is 0. The Morgan fingerprint density at radius 1 is 1.80 bits per heavy atom. The fraction of sp³-hybridized carbons (Fsp3) is 0.400. The first-order chi connectivity index (χ1) is 4.93. The van der Waals surface area contributed by atoms with Crippen LogP contribution in [0.15, 0.2) is 10.9 Å². The van der Waals surface area contributed by atoms with Gasteiger partial charge in [-0.2, -0.15) is 10.2 Å². The van der Waals surface area contributed by atoms with Crippen LogP contribution in [0.25, 0.3) is 0 Å². The Balaban J connectivity index is 2.23. The van der Waals surface area contributed by atoms with Crippen molar-refractivity contribution in [1.82, 2.24) is 15.5 Å². The van der Waals surface area contributed by atoms with Crippen LogP contribution in [0.5, 0.6) is 0 Å². The molecule has 1 heterocycles. The molecule has 0 radical (unpaired) electrons. The lowest BCUT2D eigenvalue weighted by atomic mass is 10.4. The summed E-state index contributed by atoms with van der Waals surface area (Å²) in [5.41, 5.74) is 0. The largest absolute Gasteiger partial charge is 0.343 e. The molecule has 0 amide bonds. The second-order valence-corrected chi connectivity index (χ2v) is 1.64. The van der Waals surface area contributed by atoms with Crippen LogP contribution in [0.2, 0.25) is 0 Å². The molecule has 0 bridgehead atoms. The molecule has 0 aliphatic carbocycles. The zero-order valence-corrected chi connectivity index (χ0v) is 5.24. The molecule has 1 aromatic heterocycles. The standard InChI is InChI=1S/C5H6N4O/c6-3-7-2-1-5-8-4-10-9-5/h4,7H,1-2H2. The van der Waals surface area contributed by atoms with Crippen molar-refractivity contribution in [3.8, 4) is 6.19 Å². The van der Waals surface area contributed by atoms with Crippen molar-refractivity contribution in [3.05, 3.63) is 12.2 Å². The van der Waals surface area contributed by atoms with E-state index in [1.165, 1.54) is 6.39 Å². The molecular weight excluding hydrogens is 132 g/mol. The van der Waals surface area contributed by atoms with Gasteiger partial charge in [0.05, 0.1) is 0 Å². The number of hydrogen-bond donors (Lipinski definition) is 1. The van der Waals surface area contributed by atoms with Gasteiger partial charge in [-0.15, -0.1) is 0 Å². The molecule has 0 fully saturated rings. The highest BCUT2D eigenvalue weighted by Crippen LogP contribution is 1.86. The van der Waals surface area contributed by atoms with E-state index in [9.17, 15) is 0 Å². The molecule has 0 aliphatic rings. The van der Waals surface area contributed by atoms with Gasteiger partial charge in [0.2, 0.25) is 6.39 Å². The predicted molar refractivity (Wildman–Crippen MR) is 31.6 cm³/mol. The van der Waals surface area contributed by atoms with Crippen LogP contribution in [-0.4, -0.2) is 16.7 Å². The van der Waals surface area contributed by atoms with Crippen LogP contribution in [0.3, 0.4) is 0 Å². The van der Waals surface area contributed by atoms with Crippen molar-refractivity contribution < 1.29 is 4.52 Å². The SMILES string of the molecule is N#CNCCc1ncon1. The molecule has 1 N–H and O–H groups in total. The van der Waals surface area contributed by atoms with Gasteiger partial charge in [0.25, 0.3) is 0 Å². The molecule has 1 rings (SSSR count). The lowest BCUT2D eigenvalue weighted by Crippen LogP contribution is -2.10. The molecular formula is C5H6N4O. The lowest BCUT2D eigenvalue weighted by Gasteiger charge is -1.89. The van der Waals surface area contributed by atoms with Crippen LogP contribution in [0, 0.1) is 11.5 Å². The van der Waals surface area contributed by atoms with Crippen molar-refractivity contribution in [2.24, 2.45) is 0 Å². The number of aromatic nitrogens is 2. The summed E-state index contributed by atoms with van der Waals surface area (Å²) in [7, 11) is 0. The summed E-state index contributed by atoms with van der Waals surface area (Å²) in [4.78, 5) is 3.76. The number of rotatable bonds is 3. The third kappa shape index (κ3) is 1.74. The van der Waals surface area contributed by atoms with Crippen molar-refractivity contribution in [2.45, 2.75) is 6.42 Å². The fourth-order valence-electron chi connectivity index (χ4n) is 0.533. The molecule has 0 aliphatic heterocycles. The normalized spacial score (nSPS) is 8.70. The topological polar surface area (TPSA) is 74.7 Å². The van der Waals surface area contributed by atoms with E-state index in [2.05, 4.69) is 20.0 Å². The summed E-state index contributed by atoms with van der Waals surface area (Å²) in [5.74, 6) is 0.614. The fourth-order valence-corrected chi connectivity index (χ4v) is 0.533. The van der Waals surface area contributed by atoms with Gasteiger partial charge in [-0.3, -0.25) is 0 Å². The summed E-state index contributed by atoms with van der Waals surface area (Å²) in [5, 5.41) is 14.1. The first kappa shape index (κ1) is 6.55. The first-order valence-corrected chi connectivity index (χ1v) is 2.80. The van der Waals surface area contributed by atoms with Gasteiger partial charge in [-0.05, 0) is 0 Å². The number of nitriles is 1. The highest BCUT2D eigenvalue weighted by molar-refractivity contribution is 4.80. The van der Waals surface area contributed by atoms with Gasteiger partial charge < -0.3 is 9.84 Å². The van der Waals surface area contributed by atoms with Crippen LogP contribution in [-0.2, 0) is 6.42 Å². The maximum absolute atomic E-state index is 8.07. The van der Waals surface area contributed by atoms with Crippen LogP contribution in [0.1, 0.15) is 5.82 Å². The zero-order valence-electron chi connectivity index (χ0n) is 5.24. The first-order valence-electron chi connectivity index (χ1n) is 2.80. The minimum Gasteiger partial charge on any atom is -0.343 e. The number of nitrogens with zero attached hydrogens (tertiary/aromatic N) is 3. The Labute approximate surface area is 57.7 Å². The van der Waals surface area contributed by atoms with E-state index in [1.807, 2.05) is 0 Å². The molecule has 5 nitrogen and oxygen atoms in total. The Morgan fingerprint density at radius 3 is 3.30 bits per heavy atom. The van der Waals surface area contributed by atoms with Gasteiger partial charge in [-0.25, -0.2) is 0 Å². The third-order valence-corrected chi connectivity index (χ3v) is 0.960. The minimum absolute atomic E-state index is 0.552. The van der Waals surface area contributed by atoms with E-state index in [0.29, 0.717) is 18.8 Å². The predicted octanol–water partition coefficient (Wildman–Crippen LogP) is -0.317. The average Bonchev–Trinajstić information content (AvgIpc) is 2.41. The molecule has 0 saturated carbocycles. The van der Waals surface area contributed by atoms with E-state index in [4.69, 9.17) is 5.26 Å². The van der Waals surface area contributed by atoms with Gasteiger partial charge in [-0.1, -0.05) is 5.16 Å². The second kappa shape index (κ2) is 3.45. The maximum Gasteiger partial charge on any atom is 0.213 e. The van der Waals surface area contributed by atoms with E-state index in [1.54, 1.807) is 6.19 Å². The van der Waals surface area contributed by atoms with Crippen molar-refractivity contribution in [3.63, 3.8) is 0 Å². The minimum atomic E-state index is 0.552. The van der Waals surface area contributed by atoms with E-state index in [0.717, 1.165) is 0 Å². The Bertz CT molecular complexity index is 212. The molecule has 5 heteroatoms.